The van der Waals surface area contributed by atoms with Crippen LogP contribution in [-0.4, -0.2) is 37.2 Å². The Balaban J connectivity index is 1.72. The van der Waals surface area contributed by atoms with Crippen molar-refractivity contribution in [1.82, 2.24) is 0 Å². The van der Waals surface area contributed by atoms with E-state index in [1.807, 2.05) is 12.2 Å². The molecule has 166 valence electrons. The fourth-order valence-electron chi connectivity index (χ4n) is 7.01. The van der Waals surface area contributed by atoms with Crippen molar-refractivity contribution in [1.29, 1.82) is 0 Å². The average molecular weight is 427 g/mol. The first-order chi connectivity index (χ1) is 14.6. The molecule has 0 spiro atoms. The molecule has 4 rings (SSSR count). The zero-order valence-corrected chi connectivity index (χ0v) is 18.6. The Labute approximate surface area is 182 Å². The van der Waals surface area contributed by atoms with E-state index in [0.717, 1.165) is 24.8 Å². The lowest BCUT2D eigenvalue weighted by atomic mass is 9.44. The van der Waals surface area contributed by atoms with Gasteiger partial charge in [-0.15, -0.1) is 0 Å². The van der Waals surface area contributed by atoms with E-state index in [2.05, 4.69) is 13.8 Å². The molecule has 0 N–H and O–H groups in total. The van der Waals surface area contributed by atoms with E-state index in [-0.39, 0.29) is 53.2 Å². The molecule has 6 heteroatoms. The van der Waals surface area contributed by atoms with Crippen LogP contribution in [0, 0.1) is 34.5 Å². The minimum Gasteiger partial charge on any atom is -0.469 e. The molecule has 6 nitrogen and oxygen atoms in total. The van der Waals surface area contributed by atoms with Crippen LogP contribution < -0.4 is 0 Å². The maximum Gasteiger partial charge on any atom is 0.309 e. The molecule has 31 heavy (non-hydrogen) atoms. The topological polar surface area (TPSA) is 86.7 Å². The Kier molecular flexibility index (Phi) is 5.31. The van der Waals surface area contributed by atoms with Gasteiger partial charge in [0, 0.05) is 23.3 Å². The molecule has 0 aliphatic heterocycles. The number of carbonyl (C=O) groups excluding carboxylic acids is 4. The number of carbonyl (C=O) groups is 4. The van der Waals surface area contributed by atoms with Crippen molar-refractivity contribution in [3.63, 3.8) is 0 Å². The highest BCUT2D eigenvalue weighted by Crippen LogP contribution is 2.66. The predicted molar refractivity (Wildman–Crippen MR) is 113 cm³/mol. The van der Waals surface area contributed by atoms with Gasteiger partial charge in [0.1, 0.15) is 0 Å². The summed E-state index contributed by atoms with van der Waals surface area (Å²) in [4.78, 5) is 49.2. The molecular weight excluding hydrogens is 396 g/mol. The molecule has 4 aliphatic rings. The first kappa shape index (κ1) is 21.7. The van der Waals surface area contributed by atoms with E-state index in [1.54, 1.807) is 12.2 Å². The molecule has 0 aromatic rings. The van der Waals surface area contributed by atoms with Crippen LogP contribution in [0.5, 0.6) is 0 Å². The Morgan fingerprint density at radius 3 is 2.65 bits per heavy atom. The first-order valence-electron chi connectivity index (χ1n) is 11.0. The van der Waals surface area contributed by atoms with E-state index in [4.69, 9.17) is 9.47 Å². The monoisotopic (exact) mass is 426 g/mol. The van der Waals surface area contributed by atoms with Crippen molar-refractivity contribution in [3.8, 4) is 0 Å². The molecule has 0 amide bonds. The van der Waals surface area contributed by atoms with E-state index in [1.165, 1.54) is 14.0 Å². The van der Waals surface area contributed by atoms with Gasteiger partial charge in [0.05, 0.1) is 13.0 Å². The van der Waals surface area contributed by atoms with Crippen molar-refractivity contribution in [2.75, 3.05) is 13.7 Å². The zero-order chi connectivity index (χ0) is 22.6. The highest BCUT2D eigenvalue weighted by Gasteiger charge is 2.62. The Morgan fingerprint density at radius 1 is 1.23 bits per heavy atom. The summed E-state index contributed by atoms with van der Waals surface area (Å²) in [7, 11) is 1.41. The molecule has 2 saturated carbocycles. The molecule has 0 aromatic carbocycles. The smallest absolute Gasteiger partial charge is 0.309 e. The first-order valence-corrected chi connectivity index (χ1v) is 11.0. The van der Waals surface area contributed by atoms with Gasteiger partial charge in [0.15, 0.2) is 18.2 Å². The maximum absolute atomic E-state index is 13.0. The fourth-order valence-corrected chi connectivity index (χ4v) is 7.01. The number of Topliss-reactive ketones (excluding diaryl/α,β-unsaturated/α-hetero) is 1. The molecule has 0 saturated heterocycles. The summed E-state index contributed by atoms with van der Waals surface area (Å²) in [6.07, 6.45) is 10.3. The Bertz CT molecular complexity index is 940. The van der Waals surface area contributed by atoms with Gasteiger partial charge in [-0.1, -0.05) is 31.6 Å². The van der Waals surface area contributed by atoms with Gasteiger partial charge in [0.2, 0.25) is 0 Å². The second kappa shape index (κ2) is 7.57. The van der Waals surface area contributed by atoms with Crippen LogP contribution in [0.3, 0.4) is 0 Å². The summed E-state index contributed by atoms with van der Waals surface area (Å²) < 4.78 is 10.2. The number of rotatable bonds is 4. The standard InChI is InChI=1S/C25H30O6/c1-14(26)31-13-21(28)20-8-7-19-17-6-5-15-11-16(27)9-10-24(15,2)22(17)18(23(29)30-4)12-25(19,20)3/h8-11,17-19,22H,5-7,12-13H2,1-4H3/t17-,18-,19-,22-,24+,25+/m1/s1. The van der Waals surface area contributed by atoms with Gasteiger partial charge in [-0.3, -0.25) is 19.2 Å². The molecule has 2 fully saturated rings. The quantitative estimate of drug-likeness (QED) is 0.641. The molecule has 0 aromatic heterocycles. The highest BCUT2D eigenvalue weighted by atomic mass is 16.5. The highest BCUT2D eigenvalue weighted by molar-refractivity contribution is 6.01. The number of ketones is 2. The minimum absolute atomic E-state index is 0.00192. The lowest BCUT2D eigenvalue weighted by molar-refractivity contribution is -0.159. The van der Waals surface area contributed by atoms with Crippen molar-refractivity contribution in [2.45, 2.75) is 46.5 Å². The van der Waals surface area contributed by atoms with Crippen LogP contribution in [0.1, 0.15) is 46.5 Å². The molecule has 6 atom stereocenters. The van der Waals surface area contributed by atoms with Crippen LogP contribution in [-0.2, 0) is 28.7 Å². The van der Waals surface area contributed by atoms with Gasteiger partial charge >= 0.3 is 11.9 Å². The third-order valence-corrected chi connectivity index (χ3v) is 8.32. The van der Waals surface area contributed by atoms with Crippen LogP contribution in [0.2, 0.25) is 0 Å². The summed E-state index contributed by atoms with van der Waals surface area (Å²) in [6, 6.07) is 0. The van der Waals surface area contributed by atoms with Crippen molar-refractivity contribution < 1.29 is 28.7 Å². The van der Waals surface area contributed by atoms with Gasteiger partial charge in [-0.25, -0.2) is 0 Å². The SMILES string of the molecule is COC(=O)[C@@H]1C[C@]2(C)C(C(=O)COC(C)=O)=CC[C@@H]2[C@H]2CCC3=CC(=O)C=C[C@]3(C)[C@H]21. The normalized spacial score (nSPS) is 38.3. The summed E-state index contributed by atoms with van der Waals surface area (Å²) in [6.45, 7) is 5.22. The predicted octanol–water partition coefficient (Wildman–Crippen LogP) is 3.36. The van der Waals surface area contributed by atoms with E-state index < -0.39 is 11.4 Å². The molecular formula is C25H30O6. The molecule has 4 aliphatic carbocycles. The van der Waals surface area contributed by atoms with Crippen molar-refractivity contribution >= 4 is 23.5 Å². The van der Waals surface area contributed by atoms with Crippen LogP contribution in [0.4, 0.5) is 0 Å². The number of hydrogen-bond acceptors (Lipinski definition) is 6. The largest absolute Gasteiger partial charge is 0.469 e. The third-order valence-electron chi connectivity index (χ3n) is 8.32. The summed E-state index contributed by atoms with van der Waals surface area (Å²) in [5.41, 5.74) is 0.924. The van der Waals surface area contributed by atoms with E-state index in [0.29, 0.717) is 12.0 Å². The lowest BCUT2D eigenvalue weighted by Crippen LogP contribution is -2.55. The maximum atomic E-state index is 13.0. The number of fused-ring (bicyclic) bond motifs is 5. The van der Waals surface area contributed by atoms with E-state index >= 15 is 0 Å². The Hall–Kier alpha value is -2.50. The van der Waals surface area contributed by atoms with Crippen LogP contribution in [0.25, 0.3) is 0 Å². The fraction of sp³-hybridized carbons (Fsp3) is 0.600. The molecule has 0 heterocycles. The summed E-state index contributed by atoms with van der Waals surface area (Å²) in [5, 5.41) is 0. The number of esters is 2. The zero-order valence-electron chi connectivity index (χ0n) is 18.6. The van der Waals surface area contributed by atoms with Crippen LogP contribution >= 0.6 is 0 Å². The molecule has 0 unspecified atom stereocenters. The van der Waals surface area contributed by atoms with Gasteiger partial charge in [-0.2, -0.15) is 0 Å². The van der Waals surface area contributed by atoms with Crippen molar-refractivity contribution in [2.24, 2.45) is 34.5 Å². The third kappa shape index (κ3) is 3.31. The number of methoxy groups -OCH3 is 1. The second-order valence-electron chi connectivity index (χ2n) is 9.83. The molecule has 0 radical (unpaired) electrons. The van der Waals surface area contributed by atoms with E-state index in [9.17, 15) is 19.2 Å². The van der Waals surface area contributed by atoms with Crippen molar-refractivity contribution in [3.05, 3.63) is 35.5 Å². The minimum atomic E-state index is -0.483. The summed E-state index contributed by atoms with van der Waals surface area (Å²) >= 11 is 0. The average Bonchev–Trinajstić information content (AvgIpc) is 3.08. The number of hydrogen-bond donors (Lipinski definition) is 0. The van der Waals surface area contributed by atoms with Gasteiger partial charge in [0.25, 0.3) is 0 Å². The lowest BCUT2D eigenvalue weighted by Gasteiger charge is -2.58. The number of allylic oxidation sites excluding steroid dienone is 5. The van der Waals surface area contributed by atoms with Gasteiger partial charge in [-0.05, 0) is 55.6 Å². The summed E-state index contributed by atoms with van der Waals surface area (Å²) in [5.74, 6) is -0.860. The Morgan fingerprint density at radius 2 is 1.97 bits per heavy atom. The number of ether oxygens (including phenoxy) is 2. The molecule has 0 bridgehead atoms. The van der Waals surface area contributed by atoms with Crippen LogP contribution in [0.15, 0.2) is 35.5 Å². The second-order valence-corrected chi connectivity index (χ2v) is 9.83. The van der Waals surface area contributed by atoms with Gasteiger partial charge < -0.3 is 9.47 Å².